The van der Waals surface area contributed by atoms with E-state index in [0.29, 0.717) is 12.8 Å². The van der Waals surface area contributed by atoms with Gasteiger partial charge in [0.25, 0.3) is 0 Å². The lowest BCUT2D eigenvalue weighted by Gasteiger charge is -2.48. The Morgan fingerprint density at radius 3 is 2.75 bits per heavy atom. The second-order valence-electron chi connectivity index (χ2n) is 8.05. The molecule has 146 valence electrons. The molecule has 0 aliphatic carbocycles. The van der Waals surface area contributed by atoms with Crippen LogP contribution in [0.3, 0.4) is 0 Å². The largest absolute Gasteiger partial charge is 0.393 e. The van der Waals surface area contributed by atoms with Crippen LogP contribution in [0.15, 0.2) is 42.7 Å². The molecule has 7 nitrogen and oxygen atoms in total. The molecule has 2 aromatic heterocycles. The highest BCUT2D eigenvalue weighted by atomic mass is 16.5. The van der Waals surface area contributed by atoms with Crippen molar-refractivity contribution in [1.29, 1.82) is 0 Å². The fraction of sp³-hybridized carbons (Fsp3) is 0.476. The lowest BCUT2D eigenvalue weighted by molar-refractivity contribution is -0.173. The molecule has 2 aliphatic rings. The number of aliphatic hydroxyl groups is 1. The summed E-state index contributed by atoms with van der Waals surface area (Å²) in [5, 5.41) is 23.2. The minimum absolute atomic E-state index is 0.0390. The quantitative estimate of drug-likeness (QED) is 0.738. The molecule has 5 rings (SSSR count). The molecule has 2 aliphatic heterocycles. The predicted molar refractivity (Wildman–Crippen MR) is 105 cm³/mol. The second-order valence-corrected chi connectivity index (χ2v) is 8.05. The summed E-state index contributed by atoms with van der Waals surface area (Å²) in [4.78, 5) is 2.34. The molecule has 0 amide bonds. The first-order chi connectivity index (χ1) is 13.6. The van der Waals surface area contributed by atoms with Crippen LogP contribution >= 0.6 is 0 Å². The maximum Gasteiger partial charge on any atom is 0.200 e. The zero-order valence-electron chi connectivity index (χ0n) is 16.0. The van der Waals surface area contributed by atoms with Crippen LogP contribution in [0.1, 0.15) is 43.0 Å². The number of nitrogens with zero attached hydrogens (tertiary/aromatic N) is 5. The molecule has 0 bridgehead atoms. The van der Waals surface area contributed by atoms with Gasteiger partial charge in [-0.3, -0.25) is 0 Å². The van der Waals surface area contributed by atoms with E-state index in [1.807, 2.05) is 25.1 Å². The molecule has 0 radical (unpaired) electrons. The summed E-state index contributed by atoms with van der Waals surface area (Å²) >= 11 is 0. The first-order valence-corrected chi connectivity index (χ1v) is 9.95. The van der Waals surface area contributed by atoms with Crippen LogP contribution in [0.4, 0.5) is 5.69 Å². The van der Waals surface area contributed by atoms with Gasteiger partial charge >= 0.3 is 0 Å². The van der Waals surface area contributed by atoms with Gasteiger partial charge in [0.1, 0.15) is 6.33 Å². The second kappa shape index (κ2) is 6.83. The van der Waals surface area contributed by atoms with Crippen LogP contribution < -0.4 is 4.90 Å². The highest BCUT2D eigenvalue weighted by molar-refractivity contribution is 5.68. The van der Waals surface area contributed by atoms with E-state index in [9.17, 15) is 5.11 Å². The summed E-state index contributed by atoms with van der Waals surface area (Å²) in [6.45, 7) is 3.71. The first-order valence-electron chi connectivity index (χ1n) is 9.95. The Labute approximate surface area is 164 Å². The average Bonchev–Trinajstić information content (AvgIpc) is 3.16. The molecular weight excluding hydrogens is 354 g/mol. The van der Waals surface area contributed by atoms with E-state index in [1.54, 1.807) is 10.8 Å². The van der Waals surface area contributed by atoms with Gasteiger partial charge in [0.2, 0.25) is 5.65 Å². The van der Waals surface area contributed by atoms with Crippen molar-refractivity contribution >= 4 is 11.3 Å². The monoisotopic (exact) mass is 379 g/mol. The molecule has 2 saturated heterocycles. The number of piperidine rings is 1. The van der Waals surface area contributed by atoms with Gasteiger partial charge in [-0.2, -0.15) is 9.61 Å². The number of aromatic nitrogens is 4. The molecule has 1 N–H and O–H groups in total. The van der Waals surface area contributed by atoms with Crippen molar-refractivity contribution in [2.24, 2.45) is 0 Å². The number of benzene rings is 1. The molecule has 4 heterocycles. The van der Waals surface area contributed by atoms with Crippen molar-refractivity contribution in [3.8, 4) is 0 Å². The van der Waals surface area contributed by atoms with E-state index in [-0.39, 0.29) is 17.8 Å². The van der Waals surface area contributed by atoms with E-state index in [1.165, 1.54) is 0 Å². The minimum atomic E-state index is -0.322. The van der Waals surface area contributed by atoms with Crippen molar-refractivity contribution in [1.82, 2.24) is 19.8 Å². The lowest BCUT2D eigenvalue weighted by atomic mass is 9.81. The zero-order chi connectivity index (χ0) is 19.1. The van der Waals surface area contributed by atoms with Gasteiger partial charge in [0, 0.05) is 25.9 Å². The van der Waals surface area contributed by atoms with Crippen molar-refractivity contribution in [2.75, 3.05) is 18.0 Å². The third kappa shape index (κ3) is 3.14. The first kappa shape index (κ1) is 17.6. The molecule has 7 heteroatoms. The fourth-order valence-electron chi connectivity index (χ4n) is 4.67. The smallest absolute Gasteiger partial charge is 0.200 e. The van der Waals surface area contributed by atoms with Crippen LogP contribution in [-0.2, 0) is 4.74 Å². The van der Waals surface area contributed by atoms with E-state index in [4.69, 9.17) is 4.74 Å². The Morgan fingerprint density at radius 1 is 1.18 bits per heavy atom. The van der Waals surface area contributed by atoms with Crippen molar-refractivity contribution in [2.45, 2.75) is 50.4 Å². The van der Waals surface area contributed by atoms with Crippen LogP contribution in [0.2, 0.25) is 0 Å². The normalized spacial score (nSPS) is 24.7. The summed E-state index contributed by atoms with van der Waals surface area (Å²) in [5.74, 6) is 0. The highest BCUT2D eigenvalue weighted by Crippen LogP contribution is 2.43. The number of fused-ring (bicyclic) bond motifs is 1. The van der Waals surface area contributed by atoms with Crippen LogP contribution in [0, 0.1) is 6.92 Å². The third-order valence-electron chi connectivity index (χ3n) is 6.04. The Morgan fingerprint density at radius 2 is 1.96 bits per heavy atom. The number of anilines is 1. The molecule has 1 spiro atoms. The summed E-state index contributed by atoms with van der Waals surface area (Å²) < 4.78 is 8.36. The molecule has 1 aromatic carbocycles. The summed E-state index contributed by atoms with van der Waals surface area (Å²) in [7, 11) is 0. The fourth-order valence-corrected chi connectivity index (χ4v) is 4.67. The maximum absolute atomic E-state index is 10.6. The SMILES string of the molecule is Cc1cc(N2CCC3(CC2)C[C@H](O)C[C@H](c2ccccc2)O3)c2nncn2n1. The van der Waals surface area contributed by atoms with Gasteiger partial charge in [-0.1, -0.05) is 30.3 Å². The van der Waals surface area contributed by atoms with Crippen molar-refractivity contribution in [3.63, 3.8) is 0 Å². The highest BCUT2D eigenvalue weighted by Gasteiger charge is 2.44. The molecule has 0 saturated carbocycles. The summed E-state index contributed by atoms with van der Waals surface area (Å²) in [5.41, 5.74) is 3.68. The standard InChI is InChI=1S/C21H25N5O2/c1-15-11-18(20-23-22-14-26(20)24-15)25-9-7-21(8-10-25)13-17(27)12-19(28-21)16-5-3-2-4-6-16/h2-6,11,14,17,19,27H,7-10,12-13H2,1H3/t17-,19-/m1/s1. The van der Waals surface area contributed by atoms with Crippen molar-refractivity contribution in [3.05, 3.63) is 54.0 Å². The molecule has 2 atom stereocenters. The minimum Gasteiger partial charge on any atom is -0.393 e. The van der Waals surface area contributed by atoms with Gasteiger partial charge in [0.05, 0.1) is 29.2 Å². The maximum atomic E-state index is 10.6. The molecular formula is C21H25N5O2. The summed E-state index contributed by atoms with van der Waals surface area (Å²) in [6, 6.07) is 12.3. The molecule has 2 fully saturated rings. The number of ether oxygens (including phenoxy) is 1. The number of aryl methyl sites for hydroxylation is 1. The van der Waals surface area contributed by atoms with E-state index in [2.05, 4.69) is 38.4 Å². The van der Waals surface area contributed by atoms with E-state index >= 15 is 0 Å². The van der Waals surface area contributed by atoms with Gasteiger partial charge in [0.15, 0.2) is 0 Å². The molecule has 3 aromatic rings. The molecule has 0 unspecified atom stereocenters. The third-order valence-corrected chi connectivity index (χ3v) is 6.04. The van der Waals surface area contributed by atoms with Gasteiger partial charge in [-0.05, 0) is 31.4 Å². The Balaban J connectivity index is 1.36. The molecule has 28 heavy (non-hydrogen) atoms. The van der Waals surface area contributed by atoms with Gasteiger partial charge in [-0.15, -0.1) is 10.2 Å². The van der Waals surface area contributed by atoms with E-state index < -0.39 is 0 Å². The lowest BCUT2D eigenvalue weighted by Crippen LogP contribution is -2.51. The number of aliphatic hydroxyl groups excluding tert-OH is 1. The topological polar surface area (TPSA) is 75.8 Å². The van der Waals surface area contributed by atoms with Crippen LogP contribution in [0.5, 0.6) is 0 Å². The Kier molecular flexibility index (Phi) is 4.29. The predicted octanol–water partition coefficient (Wildman–Crippen LogP) is 2.68. The number of hydrogen-bond acceptors (Lipinski definition) is 6. The van der Waals surface area contributed by atoms with Gasteiger partial charge < -0.3 is 14.7 Å². The Bertz CT molecular complexity index is 965. The van der Waals surface area contributed by atoms with Crippen LogP contribution in [-0.4, -0.2) is 49.7 Å². The number of rotatable bonds is 2. The van der Waals surface area contributed by atoms with E-state index in [0.717, 1.165) is 48.5 Å². The van der Waals surface area contributed by atoms with Crippen molar-refractivity contribution < 1.29 is 9.84 Å². The Hall–Kier alpha value is -2.51. The van der Waals surface area contributed by atoms with Gasteiger partial charge in [-0.25, -0.2) is 0 Å². The average molecular weight is 379 g/mol. The van der Waals surface area contributed by atoms with Crippen LogP contribution in [0.25, 0.3) is 5.65 Å². The summed E-state index contributed by atoms with van der Waals surface area (Å²) in [6.07, 6.45) is 4.42. The number of hydrogen-bond donors (Lipinski definition) is 1. The zero-order valence-corrected chi connectivity index (χ0v) is 16.0.